The molecule has 0 unspecified atom stereocenters. The number of hydrogen-bond acceptors (Lipinski definition) is 9. The number of aromatic nitrogens is 2. The second-order valence-corrected chi connectivity index (χ2v) is 5.94. The third-order valence-corrected chi connectivity index (χ3v) is 3.93. The summed E-state index contributed by atoms with van der Waals surface area (Å²) in [6, 6.07) is 10.9. The van der Waals surface area contributed by atoms with Gasteiger partial charge in [0.2, 0.25) is 11.6 Å². The van der Waals surface area contributed by atoms with Crippen molar-refractivity contribution in [3.63, 3.8) is 0 Å². The van der Waals surface area contributed by atoms with E-state index >= 15 is 0 Å². The number of nitrogens with zero attached hydrogens (tertiary/aromatic N) is 4. The molecule has 29 heavy (non-hydrogen) atoms. The molecule has 2 aromatic carbocycles. The van der Waals surface area contributed by atoms with Crippen molar-refractivity contribution >= 4 is 34.4 Å². The number of nitro benzene ring substituents is 1. The van der Waals surface area contributed by atoms with Gasteiger partial charge in [-0.1, -0.05) is 12.1 Å². The van der Waals surface area contributed by atoms with Crippen molar-refractivity contribution in [3.05, 3.63) is 74.6 Å². The summed E-state index contributed by atoms with van der Waals surface area (Å²) in [4.78, 5) is 29.4. The molecule has 0 spiro atoms. The van der Waals surface area contributed by atoms with Crippen LogP contribution in [-0.2, 0) is 0 Å². The van der Waals surface area contributed by atoms with E-state index in [9.17, 15) is 20.2 Å². The van der Waals surface area contributed by atoms with Gasteiger partial charge >= 0.3 is 5.69 Å². The molecule has 0 bridgehead atoms. The molecule has 0 fully saturated rings. The fraction of sp³-hybridized carbons (Fsp3) is 0.111. The maximum atomic E-state index is 11.7. The third-order valence-electron chi connectivity index (χ3n) is 3.93. The lowest BCUT2D eigenvalue weighted by Gasteiger charge is -2.13. The van der Waals surface area contributed by atoms with Gasteiger partial charge in [0.25, 0.3) is 5.69 Å². The van der Waals surface area contributed by atoms with E-state index in [0.29, 0.717) is 11.4 Å². The molecule has 11 nitrogen and oxygen atoms in total. The number of rotatable bonds is 7. The zero-order valence-corrected chi connectivity index (χ0v) is 15.4. The minimum absolute atomic E-state index is 0.0539. The molecule has 0 aliphatic carbocycles. The first kappa shape index (κ1) is 19.5. The summed E-state index contributed by atoms with van der Waals surface area (Å²) in [7, 11) is 1.49. The Morgan fingerprint density at radius 2 is 1.69 bits per heavy atom. The van der Waals surface area contributed by atoms with Crippen LogP contribution >= 0.6 is 0 Å². The molecule has 0 saturated carbocycles. The van der Waals surface area contributed by atoms with Gasteiger partial charge in [0.1, 0.15) is 12.1 Å². The molecule has 0 amide bonds. The molecule has 0 atom stereocenters. The first-order valence-electron chi connectivity index (χ1n) is 8.31. The number of aryl methyl sites for hydroxylation is 1. The SMILES string of the molecule is COc1ccc(C)cc1Nc1ncnc(Nc2cccc([N+](=O)[O-])c2)c1[N+](=O)[O-]. The Balaban J connectivity index is 2.01. The number of nitro groups is 2. The molecular weight excluding hydrogens is 380 g/mol. The fourth-order valence-electron chi connectivity index (χ4n) is 2.62. The number of hydrogen-bond donors (Lipinski definition) is 2. The standard InChI is InChI=1S/C18H16N6O5/c1-11-6-7-15(29-2)14(8-11)22-18-16(24(27)28)17(19-10-20-18)21-12-4-3-5-13(9-12)23(25)26/h3-10H,1-2H3,(H2,19,20,21,22). The molecule has 2 N–H and O–H groups in total. The van der Waals surface area contributed by atoms with Crippen LogP contribution in [0.25, 0.3) is 0 Å². The first-order valence-corrected chi connectivity index (χ1v) is 8.31. The van der Waals surface area contributed by atoms with Gasteiger partial charge in [-0.15, -0.1) is 0 Å². The average Bonchev–Trinajstić information content (AvgIpc) is 2.68. The average molecular weight is 396 g/mol. The minimum Gasteiger partial charge on any atom is -0.495 e. The van der Waals surface area contributed by atoms with Crippen LogP contribution < -0.4 is 15.4 Å². The lowest BCUT2D eigenvalue weighted by atomic mass is 10.2. The fourth-order valence-corrected chi connectivity index (χ4v) is 2.62. The van der Waals surface area contributed by atoms with Gasteiger partial charge in [-0.25, -0.2) is 9.97 Å². The molecule has 148 valence electrons. The Kier molecular flexibility index (Phi) is 5.49. The summed E-state index contributed by atoms with van der Waals surface area (Å²) in [6.07, 6.45) is 1.15. The zero-order valence-electron chi connectivity index (χ0n) is 15.4. The minimum atomic E-state index is -0.635. The van der Waals surface area contributed by atoms with Gasteiger partial charge in [0.15, 0.2) is 0 Å². The predicted molar refractivity (Wildman–Crippen MR) is 106 cm³/mol. The Morgan fingerprint density at radius 3 is 2.34 bits per heavy atom. The smallest absolute Gasteiger partial charge is 0.353 e. The van der Waals surface area contributed by atoms with E-state index < -0.39 is 15.5 Å². The lowest BCUT2D eigenvalue weighted by molar-refractivity contribution is -0.384. The van der Waals surface area contributed by atoms with E-state index in [2.05, 4.69) is 20.6 Å². The maximum absolute atomic E-state index is 11.7. The van der Waals surface area contributed by atoms with Crippen molar-refractivity contribution in [2.24, 2.45) is 0 Å². The molecular formula is C18H16N6O5. The molecule has 0 aliphatic rings. The van der Waals surface area contributed by atoms with Crippen molar-refractivity contribution in [3.8, 4) is 5.75 Å². The Labute approximate surface area is 164 Å². The second-order valence-electron chi connectivity index (χ2n) is 5.94. The third kappa shape index (κ3) is 4.35. The van der Waals surface area contributed by atoms with Crippen molar-refractivity contribution < 1.29 is 14.6 Å². The number of nitrogens with one attached hydrogen (secondary N) is 2. The number of benzene rings is 2. The number of non-ortho nitro benzene ring substituents is 1. The molecule has 0 saturated heterocycles. The van der Waals surface area contributed by atoms with Gasteiger partial charge in [0, 0.05) is 17.8 Å². The Morgan fingerprint density at radius 1 is 0.966 bits per heavy atom. The van der Waals surface area contributed by atoms with Gasteiger partial charge in [-0.3, -0.25) is 20.2 Å². The first-order chi connectivity index (χ1) is 13.9. The number of anilines is 4. The van der Waals surface area contributed by atoms with Gasteiger partial charge in [-0.05, 0) is 30.7 Å². The van der Waals surface area contributed by atoms with Crippen molar-refractivity contribution in [2.75, 3.05) is 17.7 Å². The monoisotopic (exact) mass is 396 g/mol. The summed E-state index contributed by atoms with van der Waals surface area (Å²) in [6.45, 7) is 1.87. The highest BCUT2D eigenvalue weighted by Gasteiger charge is 2.24. The normalized spacial score (nSPS) is 10.3. The summed E-state index contributed by atoms with van der Waals surface area (Å²) in [5.41, 5.74) is 1.12. The van der Waals surface area contributed by atoms with Crippen LogP contribution in [0.4, 0.5) is 34.4 Å². The van der Waals surface area contributed by atoms with Crippen LogP contribution in [0.3, 0.4) is 0 Å². The summed E-state index contributed by atoms with van der Waals surface area (Å²) in [5.74, 6) is 0.318. The maximum Gasteiger partial charge on any atom is 0.353 e. The van der Waals surface area contributed by atoms with Crippen molar-refractivity contribution in [1.29, 1.82) is 0 Å². The highest BCUT2D eigenvalue weighted by molar-refractivity contribution is 5.78. The highest BCUT2D eigenvalue weighted by Crippen LogP contribution is 2.36. The van der Waals surface area contributed by atoms with Gasteiger partial charge in [0.05, 0.1) is 22.6 Å². The number of methoxy groups -OCH3 is 1. The van der Waals surface area contributed by atoms with E-state index in [1.165, 1.54) is 31.4 Å². The van der Waals surface area contributed by atoms with Gasteiger partial charge < -0.3 is 15.4 Å². The van der Waals surface area contributed by atoms with E-state index in [1.54, 1.807) is 12.1 Å². The summed E-state index contributed by atoms with van der Waals surface area (Å²) < 4.78 is 5.28. The molecule has 3 aromatic rings. The molecule has 1 heterocycles. The van der Waals surface area contributed by atoms with E-state index in [4.69, 9.17) is 4.74 Å². The highest BCUT2D eigenvalue weighted by atomic mass is 16.6. The molecule has 0 radical (unpaired) electrons. The molecule has 3 rings (SSSR count). The van der Waals surface area contributed by atoms with Crippen LogP contribution in [0.2, 0.25) is 0 Å². The summed E-state index contributed by atoms with van der Waals surface area (Å²) >= 11 is 0. The predicted octanol–water partition coefficient (Wildman–Crippen LogP) is 4.10. The van der Waals surface area contributed by atoms with Crippen LogP contribution in [0, 0.1) is 27.2 Å². The summed E-state index contributed by atoms with van der Waals surface area (Å²) in [5, 5.41) is 28.3. The Bertz CT molecular complexity index is 1090. The van der Waals surface area contributed by atoms with Crippen LogP contribution in [0.5, 0.6) is 5.75 Å². The van der Waals surface area contributed by atoms with E-state index in [-0.39, 0.29) is 23.0 Å². The van der Waals surface area contributed by atoms with Crippen molar-refractivity contribution in [2.45, 2.75) is 6.92 Å². The van der Waals surface area contributed by atoms with E-state index in [1.807, 2.05) is 13.0 Å². The molecule has 1 aromatic heterocycles. The van der Waals surface area contributed by atoms with Crippen molar-refractivity contribution in [1.82, 2.24) is 9.97 Å². The van der Waals surface area contributed by atoms with Crippen LogP contribution in [0.1, 0.15) is 5.56 Å². The Hall–Kier alpha value is -4.28. The van der Waals surface area contributed by atoms with E-state index in [0.717, 1.165) is 11.9 Å². The topological polar surface area (TPSA) is 145 Å². The lowest BCUT2D eigenvalue weighted by Crippen LogP contribution is -2.06. The number of ether oxygens (including phenoxy) is 1. The van der Waals surface area contributed by atoms with Crippen LogP contribution in [0.15, 0.2) is 48.8 Å². The van der Waals surface area contributed by atoms with Crippen LogP contribution in [-0.4, -0.2) is 26.9 Å². The zero-order chi connectivity index (χ0) is 21.0. The largest absolute Gasteiger partial charge is 0.495 e. The quantitative estimate of drug-likeness (QED) is 0.445. The molecule has 11 heteroatoms. The van der Waals surface area contributed by atoms with Gasteiger partial charge in [-0.2, -0.15) is 0 Å². The second kappa shape index (κ2) is 8.17. The molecule has 0 aliphatic heterocycles.